The van der Waals surface area contributed by atoms with Gasteiger partial charge in [0.2, 0.25) is 0 Å². The van der Waals surface area contributed by atoms with Crippen LogP contribution in [0.25, 0.3) is 11.3 Å². The molecule has 1 aliphatic carbocycles. The minimum atomic E-state index is -0.0916. The maximum atomic E-state index is 12.5. The van der Waals surface area contributed by atoms with E-state index in [-0.39, 0.29) is 23.6 Å². The van der Waals surface area contributed by atoms with Crippen LogP contribution in [0.15, 0.2) is 41.5 Å². The van der Waals surface area contributed by atoms with Crippen molar-refractivity contribution >= 4 is 17.2 Å². The highest BCUT2D eigenvalue weighted by atomic mass is 32.1. The van der Waals surface area contributed by atoms with Crippen molar-refractivity contribution in [2.75, 3.05) is 0 Å². The minimum absolute atomic E-state index is 0.0461. The second-order valence-electron chi connectivity index (χ2n) is 7.36. The van der Waals surface area contributed by atoms with E-state index >= 15 is 0 Å². The van der Waals surface area contributed by atoms with E-state index in [1.54, 1.807) is 29.2 Å². The van der Waals surface area contributed by atoms with Crippen LogP contribution >= 0.6 is 11.3 Å². The van der Waals surface area contributed by atoms with Crippen molar-refractivity contribution in [2.45, 2.75) is 51.6 Å². The first-order valence-electron chi connectivity index (χ1n) is 9.76. The SMILES string of the molecule is Cc1nc(C)c(C(=O)NC2CCC(n3nc(-c4ccncc4)ccc3=O)CC2)s1. The van der Waals surface area contributed by atoms with Gasteiger partial charge in [0.25, 0.3) is 11.5 Å². The summed E-state index contributed by atoms with van der Waals surface area (Å²) in [5.41, 5.74) is 2.39. The molecule has 3 aromatic rings. The summed E-state index contributed by atoms with van der Waals surface area (Å²) in [5.74, 6) is -0.0495. The number of amides is 1. The third-order valence-corrected chi connectivity index (χ3v) is 6.36. The highest BCUT2D eigenvalue weighted by molar-refractivity contribution is 7.13. The number of pyridine rings is 1. The highest BCUT2D eigenvalue weighted by Gasteiger charge is 2.26. The molecular weight excluding hydrogens is 386 g/mol. The fourth-order valence-corrected chi connectivity index (χ4v) is 4.64. The van der Waals surface area contributed by atoms with Crippen molar-refractivity contribution < 1.29 is 4.79 Å². The van der Waals surface area contributed by atoms with Crippen molar-refractivity contribution in [1.82, 2.24) is 25.1 Å². The van der Waals surface area contributed by atoms with Gasteiger partial charge in [-0.05, 0) is 57.7 Å². The summed E-state index contributed by atoms with van der Waals surface area (Å²) >= 11 is 1.43. The lowest BCUT2D eigenvalue weighted by Crippen LogP contribution is -2.39. The van der Waals surface area contributed by atoms with Crippen LogP contribution in [0.4, 0.5) is 0 Å². The summed E-state index contributed by atoms with van der Waals surface area (Å²) in [6.07, 6.45) is 6.68. The van der Waals surface area contributed by atoms with Gasteiger partial charge in [-0.2, -0.15) is 5.10 Å². The number of nitrogens with zero attached hydrogens (tertiary/aromatic N) is 4. The minimum Gasteiger partial charge on any atom is -0.349 e. The van der Waals surface area contributed by atoms with Crippen LogP contribution < -0.4 is 10.9 Å². The number of nitrogens with one attached hydrogen (secondary N) is 1. The Balaban J connectivity index is 1.43. The molecule has 8 heteroatoms. The Kier molecular flexibility index (Phi) is 5.53. The molecule has 1 fully saturated rings. The largest absolute Gasteiger partial charge is 0.349 e. The molecule has 3 aromatic heterocycles. The van der Waals surface area contributed by atoms with Crippen molar-refractivity contribution in [2.24, 2.45) is 0 Å². The van der Waals surface area contributed by atoms with E-state index in [1.165, 1.54) is 11.3 Å². The zero-order chi connectivity index (χ0) is 20.4. The average Bonchev–Trinajstić information content (AvgIpc) is 3.08. The Labute approximate surface area is 172 Å². The number of thiazole rings is 1. The molecule has 0 atom stereocenters. The lowest BCUT2D eigenvalue weighted by atomic mass is 9.91. The Morgan fingerprint density at radius 3 is 2.48 bits per heavy atom. The fraction of sp³-hybridized carbons (Fsp3) is 0.381. The average molecular weight is 410 g/mol. The van der Waals surface area contributed by atoms with Gasteiger partial charge in [-0.1, -0.05) is 0 Å². The van der Waals surface area contributed by atoms with Crippen LogP contribution in [-0.2, 0) is 0 Å². The molecule has 1 N–H and O–H groups in total. The Morgan fingerprint density at radius 2 is 1.83 bits per heavy atom. The lowest BCUT2D eigenvalue weighted by Gasteiger charge is -2.29. The van der Waals surface area contributed by atoms with Crippen molar-refractivity contribution in [1.29, 1.82) is 0 Å². The number of carbonyl (C=O) groups excluding carboxylic acids is 1. The zero-order valence-electron chi connectivity index (χ0n) is 16.5. The fourth-order valence-electron chi connectivity index (χ4n) is 3.82. The molecule has 0 aromatic carbocycles. The molecule has 29 heavy (non-hydrogen) atoms. The first kappa shape index (κ1) is 19.4. The molecule has 0 bridgehead atoms. The smallest absolute Gasteiger partial charge is 0.267 e. The Bertz CT molecular complexity index is 1070. The van der Waals surface area contributed by atoms with Crippen LogP contribution in [0.3, 0.4) is 0 Å². The summed E-state index contributed by atoms with van der Waals surface area (Å²) in [6.45, 7) is 3.77. The Hall–Kier alpha value is -2.87. The van der Waals surface area contributed by atoms with Crippen molar-refractivity contribution in [3.63, 3.8) is 0 Å². The van der Waals surface area contributed by atoms with E-state index in [2.05, 4.69) is 20.4 Å². The topological polar surface area (TPSA) is 89.8 Å². The van der Waals surface area contributed by atoms with E-state index in [9.17, 15) is 9.59 Å². The van der Waals surface area contributed by atoms with E-state index in [0.717, 1.165) is 47.6 Å². The van der Waals surface area contributed by atoms with Crippen LogP contribution in [-0.4, -0.2) is 31.7 Å². The number of hydrogen-bond acceptors (Lipinski definition) is 6. The lowest BCUT2D eigenvalue weighted by molar-refractivity contribution is 0.0924. The monoisotopic (exact) mass is 409 g/mol. The van der Waals surface area contributed by atoms with Gasteiger partial charge in [0.05, 0.1) is 22.4 Å². The maximum absolute atomic E-state index is 12.5. The molecule has 0 spiro atoms. The number of aromatic nitrogens is 4. The molecule has 1 aliphatic rings. The summed E-state index contributed by atoms with van der Waals surface area (Å²) in [7, 11) is 0. The molecule has 0 unspecified atom stereocenters. The maximum Gasteiger partial charge on any atom is 0.267 e. The predicted molar refractivity (Wildman–Crippen MR) is 112 cm³/mol. The molecule has 0 aliphatic heterocycles. The summed E-state index contributed by atoms with van der Waals surface area (Å²) in [4.78, 5) is 34.0. The van der Waals surface area contributed by atoms with E-state index < -0.39 is 0 Å². The Morgan fingerprint density at radius 1 is 1.10 bits per heavy atom. The normalized spacial score (nSPS) is 19.1. The summed E-state index contributed by atoms with van der Waals surface area (Å²) in [5, 5.41) is 8.63. The van der Waals surface area contributed by atoms with Gasteiger partial charge < -0.3 is 5.32 Å². The first-order chi connectivity index (χ1) is 14.0. The quantitative estimate of drug-likeness (QED) is 0.714. The van der Waals surface area contributed by atoms with Crippen LogP contribution in [0.5, 0.6) is 0 Å². The molecule has 7 nitrogen and oxygen atoms in total. The molecule has 4 rings (SSSR count). The van der Waals surface area contributed by atoms with E-state index in [0.29, 0.717) is 4.88 Å². The molecule has 1 amide bonds. The van der Waals surface area contributed by atoms with E-state index in [4.69, 9.17) is 0 Å². The standard InChI is InChI=1S/C21H23N5O2S/c1-13-20(29-14(2)23-13)21(28)24-16-3-5-17(6-4-16)26-19(27)8-7-18(25-26)15-9-11-22-12-10-15/h7-12,16-17H,3-6H2,1-2H3,(H,24,28). The van der Waals surface area contributed by atoms with Gasteiger partial charge in [-0.25, -0.2) is 9.67 Å². The third-order valence-electron chi connectivity index (χ3n) is 5.29. The molecule has 0 radical (unpaired) electrons. The predicted octanol–water partition coefficient (Wildman–Crippen LogP) is 3.29. The van der Waals surface area contributed by atoms with Crippen LogP contribution in [0, 0.1) is 13.8 Å². The van der Waals surface area contributed by atoms with Gasteiger partial charge in [-0.15, -0.1) is 11.3 Å². The summed E-state index contributed by atoms with van der Waals surface area (Å²) in [6, 6.07) is 7.24. The third kappa shape index (κ3) is 4.27. The number of carbonyl (C=O) groups is 1. The van der Waals surface area contributed by atoms with Crippen molar-refractivity contribution in [3.8, 4) is 11.3 Å². The van der Waals surface area contributed by atoms with Crippen molar-refractivity contribution in [3.05, 3.63) is 62.6 Å². The van der Waals surface area contributed by atoms with Gasteiger partial charge in [0, 0.05) is 30.1 Å². The molecule has 0 saturated heterocycles. The molecular formula is C21H23N5O2S. The second-order valence-corrected chi connectivity index (χ2v) is 8.57. The highest BCUT2D eigenvalue weighted by Crippen LogP contribution is 2.28. The number of hydrogen-bond donors (Lipinski definition) is 1. The summed E-state index contributed by atoms with van der Waals surface area (Å²) < 4.78 is 1.60. The van der Waals surface area contributed by atoms with Gasteiger partial charge in [0.1, 0.15) is 4.88 Å². The van der Waals surface area contributed by atoms with Gasteiger partial charge >= 0.3 is 0 Å². The van der Waals surface area contributed by atoms with Crippen LogP contribution in [0.2, 0.25) is 0 Å². The van der Waals surface area contributed by atoms with Crippen LogP contribution in [0.1, 0.15) is 52.1 Å². The number of aryl methyl sites for hydroxylation is 2. The molecule has 3 heterocycles. The van der Waals surface area contributed by atoms with Gasteiger partial charge in [-0.3, -0.25) is 14.6 Å². The van der Waals surface area contributed by atoms with E-state index in [1.807, 2.05) is 26.0 Å². The first-order valence-corrected chi connectivity index (χ1v) is 10.6. The molecule has 150 valence electrons. The van der Waals surface area contributed by atoms with Gasteiger partial charge in [0.15, 0.2) is 0 Å². The zero-order valence-corrected chi connectivity index (χ0v) is 17.3. The second kappa shape index (κ2) is 8.24. The number of rotatable bonds is 4. The molecule has 1 saturated carbocycles.